The van der Waals surface area contributed by atoms with Gasteiger partial charge in [-0.3, -0.25) is 9.69 Å². The van der Waals surface area contributed by atoms with E-state index in [-0.39, 0.29) is 17.2 Å². The number of fused-ring (bicyclic) bond motifs is 1. The Hall–Kier alpha value is -1.36. The molecule has 0 bridgehead atoms. The van der Waals surface area contributed by atoms with E-state index in [1.54, 1.807) is 17.9 Å². The van der Waals surface area contributed by atoms with Gasteiger partial charge in [0, 0.05) is 12.1 Å². The lowest BCUT2D eigenvalue weighted by atomic mass is 9.99. The van der Waals surface area contributed by atoms with Crippen molar-refractivity contribution < 1.29 is 14.3 Å². The lowest BCUT2D eigenvalue weighted by molar-refractivity contribution is 0.102. The van der Waals surface area contributed by atoms with Crippen LogP contribution in [-0.4, -0.2) is 30.4 Å². The molecule has 4 nitrogen and oxygen atoms in total. The number of anilines is 1. The van der Waals surface area contributed by atoms with E-state index in [0.717, 1.165) is 24.1 Å². The molecule has 1 amide bonds. The number of amides is 1. The van der Waals surface area contributed by atoms with Crippen LogP contribution in [0.25, 0.3) is 0 Å². The first kappa shape index (κ1) is 14.1. The minimum Gasteiger partial charge on any atom is -0.449 e. The summed E-state index contributed by atoms with van der Waals surface area (Å²) in [5, 5.41) is 0.283. The average molecular weight is 326 g/mol. The third-order valence-corrected chi connectivity index (χ3v) is 3.64. The number of nitrogens with zero attached hydrogens (tertiary/aromatic N) is 1. The highest BCUT2D eigenvalue weighted by molar-refractivity contribution is 9.09. The van der Waals surface area contributed by atoms with Crippen molar-refractivity contribution in [3.63, 3.8) is 0 Å². The van der Waals surface area contributed by atoms with Gasteiger partial charge in [-0.1, -0.05) is 28.1 Å². The molecule has 0 saturated carbocycles. The van der Waals surface area contributed by atoms with E-state index in [1.165, 1.54) is 0 Å². The van der Waals surface area contributed by atoms with Gasteiger partial charge in [0.05, 0.1) is 17.6 Å². The molecule has 0 unspecified atom stereocenters. The number of benzene rings is 1. The lowest BCUT2D eigenvalue weighted by Gasteiger charge is -2.29. The predicted octanol–water partition coefficient (Wildman–Crippen LogP) is 3.17. The molecule has 1 aromatic rings. The molecule has 1 aliphatic rings. The molecule has 1 aliphatic heterocycles. The first-order valence-corrected chi connectivity index (χ1v) is 7.46. The highest BCUT2D eigenvalue weighted by Crippen LogP contribution is 2.29. The molecule has 0 fully saturated rings. The van der Waals surface area contributed by atoms with Crippen molar-refractivity contribution in [3.8, 4) is 0 Å². The summed E-state index contributed by atoms with van der Waals surface area (Å²) in [5.41, 5.74) is 2.51. The second-order valence-corrected chi connectivity index (χ2v) is 4.92. The van der Waals surface area contributed by atoms with Crippen LogP contribution in [-0.2, 0) is 11.2 Å². The van der Waals surface area contributed by atoms with E-state index in [4.69, 9.17) is 4.74 Å². The first-order chi connectivity index (χ1) is 9.17. The van der Waals surface area contributed by atoms with E-state index in [9.17, 15) is 9.59 Å². The number of ether oxygens (including phenoxy) is 1. The monoisotopic (exact) mass is 325 g/mol. The van der Waals surface area contributed by atoms with Crippen LogP contribution in [0.15, 0.2) is 18.2 Å². The molecule has 2 rings (SSSR count). The first-order valence-electron chi connectivity index (χ1n) is 6.33. The van der Waals surface area contributed by atoms with Gasteiger partial charge in [0.2, 0.25) is 0 Å². The molecule has 1 aromatic carbocycles. The van der Waals surface area contributed by atoms with Gasteiger partial charge in [0.1, 0.15) is 0 Å². The Morgan fingerprint density at radius 1 is 1.42 bits per heavy atom. The summed E-state index contributed by atoms with van der Waals surface area (Å²) >= 11 is 3.16. The summed E-state index contributed by atoms with van der Waals surface area (Å²) in [6.45, 7) is 2.77. The summed E-state index contributed by atoms with van der Waals surface area (Å²) in [5.74, 6) is 0.0113. The zero-order chi connectivity index (χ0) is 13.8. The number of ketones is 1. The van der Waals surface area contributed by atoms with Crippen molar-refractivity contribution in [2.75, 3.05) is 23.4 Å². The van der Waals surface area contributed by atoms with E-state index >= 15 is 0 Å². The number of rotatable bonds is 3. The zero-order valence-corrected chi connectivity index (χ0v) is 12.4. The zero-order valence-electron chi connectivity index (χ0n) is 10.8. The molecular weight excluding hydrogens is 310 g/mol. The topological polar surface area (TPSA) is 46.6 Å². The van der Waals surface area contributed by atoms with E-state index < -0.39 is 0 Å². The van der Waals surface area contributed by atoms with Gasteiger partial charge in [-0.15, -0.1) is 0 Å². The van der Waals surface area contributed by atoms with Gasteiger partial charge in [-0.05, 0) is 31.4 Å². The maximum Gasteiger partial charge on any atom is 0.414 e. The number of hydrogen-bond donors (Lipinski definition) is 0. The summed E-state index contributed by atoms with van der Waals surface area (Å²) in [7, 11) is 0. The van der Waals surface area contributed by atoms with Gasteiger partial charge in [0.25, 0.3) is 0 Å². The second-order valence-electron chi connectivity index (χ2n) is 4.35. The van der Waals surface area contributed by atoms with Crippen LogP contribution in [0.3, 0.4) is 0 Å². The smallest absolute Gasteiger partial charge is 0.414 e. The average Bonchev–Trinajstić information content (AvgIpc) is 2.45. The molecule has 0 radical (unpaired) electrons. The Morgan fingerprint density at radius 3 is 2.89 bits per heavy atom. The molecule has 19 heavy (non-hydrogen) atoms. The van der Waals surface area contributed by atoms with Crippen molar-refractivity contribution in [3.05, 3.63) is 29.3 Å². The van der Waals surface area contributed by atoms with E-state index in [1.807, 2.05) is 12.1 Å². The fourth-order valence-electron chi connectivity index (χ4n) is 2.22. The van der Waals surface area contributed by atoms with Gasteiger partial charge in [-0.2, -0.15) is 0 Å². The summed E-state index contributed by atoms with van der Waals surface area (Å²) < 4.78 is 5.06. The molecule has 5 heteroatoms. The fraction of sp³-hybridized carbons (Fsp3) is 0.429. The molecule has 0 spiro atoms. The van der Waals surface area contributed by atoms with Crippen molar-refractivity contribution >= 4 is 33.5 Å². The number of carbonyl (C=O) groups is 2. The van der Waals surface area contributed by atoms with Gasteiger partial charge < -0.3 is 4.74 Å². The number of carbonyl (C=O) groups excluding carboxylic acids is 2. The Morgan fingerprint density at radius 2 is 2.21 bits per heavy atom. The standard InChI is InChI=1S/C14H16BrNO3/c1-2-19-14(18)16-7-3-4-10-5-6-11(8-12(10)16)13(17)9-15/h5-6,8H,2-4,7,9H2,1H3. The van der Waals surface area contributed by atoms with Crippen LogP contribution in [0, 0.1) is 0 Å². The molecular formula is C14H16BrNO3. The van der Waals surface area contributed by atoms with Gasteiger partial charge >= 0.3 is 6.09 Å². The Labute approximate surface area is 120 Å². The van der Waals surface area contributed by atoms with Crippen molar-refractivity contribution in [2.24, 2.45) is 0 Å². The quantitative estimate of drug-likeness (QED) is 0.633. The van der Waals surface area contributed by atoms with Crippen molar-refractivity contribution in [1.82, 2.24) is 0 Å². The molecule has 0 saturated heterocycles. The maximum absolute atomic E-state index is 11.9. The largest absolute Gasteiger partial charge is 0.449 e. The summed E-state index contributed by atoms with van der Waals surface area (Å²) in [4.78, 5) is 25.3. The van der Waals surface area contributed by atoms with Gasteiger partial charge in [0.15, 0.2) is 5.78 Å². The van der Waals surface area contributed by atoms with Crippen LogP contribution in [0.2, 0.25) is 0 Å². The molecule has 1 heterocycles. The molecule has 0 atom stereocenters. The third-order valence-electron chi connectivity index (χ3n) is 3.14. The van der Waals surface area contributed by atoms with Crippen LogP contribution in [0.5, 0.6) is 0 Å². The molecule has 0 aromatic heterocycles. The highest BCUT2D eigenvalue weighted by atomic mass is 79.9. The van der Waals surface area contributed by atoms with Crippen LogP contribution >= 0.6 is 15.9 Å². The molecule has 0 aliphatic carbocycles. The SMILES string of the molecule is CCOC(=O)N1CCCc2ccc(C(=O)CBr)cc21. The minimum absolute atomic E-state index is 0.0113. The fourth-order valence-corrected chi connectivity index (χ4v) is 2.54. The summed E-state index contributed by atoms with van der Waals surface area (Å²) in [6.07, 6.45) is 1.50. The number of halogens is 1. The van der Waals surface area contributed by atoms with Crippen LogP contribution in [0.4, 0.5) is 10.5 Å². The Kier molecular flexibility index (Phi) is 4.58. The lowest BCUT2D eigenvalue weighted by Crippen LogP contribution is -2.36. The number of aryl methyl sites for hydroxylation is 1. The molecule has 0 N–H and O–H groups in total. The van der Waals surface area contributed by atoms with Crippen LogP contribution in [0.1, 0.15) is 29.3 Å². The van der Waals surface area contributed by atoms with E-state index in [2.05, 4.69) is 15.9 Å². The second kappa shape index (κ2) is 6.19. The summed E-state index contributed by atoms with van der Waals surface area (Å²) in [6, 6.07) is 5.53. The Bertz CT molecular complexity index is 501. The third kappa shape index (κ3) is 2.97. The number of alkyl halides is 1. The van der Waals surface area contributed by atoms with E-state index in [0.29, 0.717) is 18.7 Å². The van der Waals surface area contributed by atoms with Crippen molar-refractivity contribution in [1.29, 1.82) is 0 Å². The Balaban J connectivity index is 2.35. The van der Waals surface area contributed by atoms with Crippen LogP contribution < -0.4 is 4.90 Å². The minimum atomic E-state index is -0.341. The maximum atomic E-state index is 11.9. The van der Waals surface area contributed by atoms with Gasteiger partial charge in [-0.25, -0.2) is 4.79 Å². The predicted molar refractivity (Wildman–Crippen MR) is 77.3 cm³/mol. The number of Topliss-reactive ketones (excluding diaryl/α,β-unsaturated/α-hetero) is 1. The molecule has 102 valence electrons. The highest BCUT2D eigenvalue weighted by Gasteiger charge is 2.24. The van der Waals surface area contributed by atoms with Crippen molar-refractivity contribution in [2.45, 2.75) is 19.8 Å². The normalized spacial score (nSPS) is 13.9. The number of hydrogen-bond acceptors (Lipinski definition) is 3.